The molecule has 0 amide bonds. The second kappa shape index (κ2) is 9.93. The lowest BCUT2D eigenvalue weighted by Crippen LogP contribution is -2.00. The van der Waals surface area contributed by atoms with Crippen molar-refractivity contribution in [2.75, 3.05) is 13.2 Å². The summed E-state index contributed by atoms with van der Waals surface area (Å²) in [5.74, 6) is 0.341. The van der Waals surface area contributed by atoms with Crippen molar-refractivity contribution in [3.63, 3.8) is 0 Å². The molecular formula is C20H24O2. The smallest absolute Gasteiger partial charge is 0.0716 e. The summed E-state index contributed by atoms with van der Waals surface area (Å²) in [6, 6.07) is 20.7. The highest BCUT2D eigenvalue weighted by atomic mass is 16.5. The molecule has 116 valence electrons. The van der Waals surface area contributed by atoms with Crippen LogP contribution >= 0.6 is 0 Å². The van der Waals surface area contributed by atoms with Crippen LogP contribution in [0.5, 0.6) is 0 Å². The van der Waals surface area contributed by atoms with Crippen LogP contribution in [0.3, 0.4) is 0 Å². The first-order valence-electron chi connectivity index (χ1n) is 7.84. The van der Waals surface area contributed by atoms with Gasteiger partial charge in [-0.25, -0.2) is 0 Å². The molecule has 1 atom stereocenters. The van der Waals surface area contributed by atoms with Crippen molar-refractivity contribution in [1.29, 1.82) is 0 Å². The summed E-state index contributed by atoms with van der Waals surface area (Å²) in [6.45, 7) is 1.52. The molecule has 0 aliphatic carbocycles. The van der Waals surface area contributed by atoms with Crippen molar-refractivity contribution in [3.8, 4) is 0 Å². The van der Waals surface area contributed by atoms with Crippen LogP contribution in [0.2, 0.25) is 0 Å². The maximum Gasteiger partial charge on any atom is 0.0716 e. The van der Waals surface area contributed by atoms with Gasteiger partial charge in [0, 0.05) is 12.5 Å². The third-order valence-corrected chi connectivity index (χ3v) is 3.62. The Bertz CT molecular complexity index is 534. The Kier molecular flexibility index (Phi) is 7.44. The van der Waals surface area contributed by atoms with Crippen molar-refractivity contribution < 1.29 is 9.84 Å². The normalized spacial score (nSPS) is 12.6. The van der Waals surface area contributed by atoms with E-state index in [4.69, 9.17) is 9.84 Å². The highest BCUT2D eigenvalue weighted by Gasteiger charge is 2.07. The van der Waals surface area contributed by atoms with Crippen molar-refractivity contribution in [2.45, 2.75) is 25.4 Å². The van der Waals surface area contributed by atoms with E-state index in [0.717, 1.165) is 19.4 Å². The number of hydrogen-bond acceptors (Lipinski definition) is 2. The third kappa shape index (κ3) is 5.84. The van der Waals surface area contributed by atoms with E-state index >= 15 is 0 Å². The molecule has 22 heavy (non-hydrogen) atoms. The Morgan fingerprint density at radius 3 is 2.32 bits per heavy atom. The lowest BCUT2D eigenvalue weighted by Gasteiger charge is -2.13. The molecule has 0 aliphatic heterocycles. The molecule has 0 spiro atoms. The van der Waals surface area contributed by atoms with Gasteiger partial charge in [-0.2, -0.15) is 0 Å². The van der Waals surface area contributed by atoms with E-state index in [9.17, 15) is 0 Å². The van der Waals surface area contributed by atoms with E-state index in [-0.39, 0.29) is 6.61 Å². The maximum absolute atomic E-state index is 8.99. The highest BCUT2D eigenvalue weighted by Crippen LogP contribution is 2.22. The fraction of sp³-hybridized carbons (Fsp3) is 0.300. The molecule has 2 rings (SSSR count). The summed E-state index contributed by atoms with van der Waals surface area (Å²) < 4.78 is 5.74. The van der Waals surface area contributed by atoms with Crippen molar-refractivity contribution in [1.82, 2.24) is 0 Å². The number of ether oxygens (including phenoxy) is 1. The number of rotatable bonds is 9. The number of benzene rings is 2. The summed E-state index contributed by atoms with van der Waals surface area (Å²) in [5, 5.41) is 8.99. The molecule has 2 aromatic rings. The quantitative estimate of drug-likeness (QED) is 0.552. The Balaban J connectivity index is 1.75. The fourth-order valence-corrected chi connectivity index (χ4v) is 2.47. The number of hydrogen-bond donors (Lipinski definition) is 1. The van der Waals surface area contributed by atoms with Crippen LogP contribution in [0.25, 0.3) is 0 Å². The molecule has 1 unspecified atom stereocenters. The van der Waals surface area contributed by atoms with Gasteiger partial charge in [0.05, 0.1) is 13.2 Å². The average molecular weight is 296 g/mol. The molecule has 0 saturated carbocycles. The lowest BCUT2D eigenvalue weighted by atomic mass is 9.94. The highest BCUT2D eigenvalue weighted by molar-refractivity contribution is 5.23. The monoisotopic (exact) mass is 296 g/mol. The molecule has 0 aromatic heterocycles. The van der Waals surface area contributed by atoms with Crippen LogP contribution in [0, 0.1) is 0 Å². The van der Waals surface area contributed by atoms with Crippen LogP contribution in [0.1, 0.15) is 29.9 Å². The van der Waals surface area contributed by atoms with Gasteiger partial charge in [0.25, 0.3) is 0 Å². The second-order valence-corrected chi connectivity index (χ2v) is 5.31. The van der Waals surface area contributed by atoms with Crippen molar-refractivity contribution in [2.24, 2.45) is 0 Å². The van der Waals surface area contributed by atoms with Crippen molar-refractivity contribution >= 4 is 0 Å². The summed E-state index contributed by atoms with van der Waals surface area (Å²) in [4.78, 5) is 0. The van der Waals surface area contributed by atoms with Crippen LogP contribution in [-0.2, 0) is 11.3 Å². The first kappa shape index (κ1) is 16.5. The number of allylic oxidation sites excluding steroid dienone is 1. The topological polar surface area (TPSA) is 29.5 Å². The largest absolute Gasteiger partial charge is 0.392 e. The summed E-state index contributed by atoms with van der Waals surface area (Å²) >= 11 is 0. The second-order valence-electron chi connectivity index (χ2n) is 5.31. The predicted octanol–water partition coefficient (Wildman–Crippen LogP) is 4.32. The van der Waals surface area contributed by atoms with Gasteiger partial charge in [-0.15, -0.1) is 0 Å². The molecule has 2 nitrogen and oxygen atoms in total. The van der Waals surface area contributed by atoms with E-state index in [0.29, 0.717) is 12.5 Å². The molecule has 0 saturated heterocycles. The molecule has 0 bridgehead atoms. The zero-order valence-electron chi connectivity index (χ0n) is 12.9. The van der Waals surface area contributed by atoms with Crippen LogP contribution in [0.4, 0.5) is 0 Å². The van der Waals surface area contributed by atoms with Gasteiger partial charge in [-0.05, 0) is 24.0 Å². The summed E-state index contributed by atoms with van der Waals surface area (Å²) in [5.41, 5.74) is 2.50. The average Bonchev–Trinajstić information content (AvgIpc) is 2.59. The molecule has 0 heterocycles. The predicted molar refractivity (Wildman–Crippen MR) is 90.7 cm³/mol. The number of aliphatic hydroxyl groups is 1. The standard InChI is InChI=1S/C20H24O2/c21-15-7-13-20(19-11-5-2-6-12-19)14-8-16-22-17-18-9-3-1-4-10-18/h1-7,9-13,20-21H,8,14-17H2/b13-7-. The minimum Gasteiger partial charge on any atom is -0.392 e. The first-order valence-corrected chi connectivity index (χ1v) is 7.84. The van der Waals surface area contributed by atoms with Crippen molar-refractivity contribution in [3.05, 3.63) is 83.9 Å². The van der Waals surface area contributed by atoms with E-state index in [1.165, 1.54) is 11.1 Å². The Labute approximate surface area is 133 Å². The maximum atomic E-state index is 8.99. The van der Waals surface area contributed by atoms with Gasteiger partial charge in [-0.1, -0.05) is 72.8 Å². The van der Waals surface area contributed by atoms with Gasteiger partial charge in [0.2, 0.25) is 0 Å². The molecule has 0 aliphatic rings. The van der Waals surface area contributed by atoms with Crippen LogP contribution in [0.15, 0.2) is 72.8 Å². The van der Waals surface area contributed by atoms with Crippen LogP contribution < -0.4 is 0 Å². The van der Waals surface area contributed by atoms with Gasteiger partial charge in [0.1, 0.15) is 0 Å². The number of aliphatic hydroxyl groups excluding tert-OH is 1. The van der Waals surface area contributed by atoms with E-state index in [1.807, 2.05) is 30.3 Å². The Hall–Kier alpha value is -1.90. The summed E-state index contributed by atoms with van der Waals surface area (Å²) in [7, 11) is 0. The molecule has 2 heteroatoms. The zero-order chi connectivity index (χ0) is 15.5. The molecule has 0 fully saturated rings. The van der Waals surface area contributed by atoms with E-state index < -0.39 is 0 Å². The molecule has 2 aromatic carbocycles. The minimum atomic E-state index is 0.0911. The van der Waals surface area contributed by atoms with Gasteiger partial charge < -0.3 is 9.84 Å². The lowest BCUT2D eigenvalue weighted by molar-refractivity contribution is 0.116. The van der Waals surface area contributed by atoms with Gasteiger partial charge in [0.15, 0.2) is 0 Å². The van der Waals surface area contributed by atoms with E-state index in [2.05, 4.69) is 42.5 Å². The fourth-order valence-electron chi connectivity index (χ4n) is 2.47. The zero-order valence-corrected chi connectivity index (χ0v) is 12.9. The Morgan fingerprint density at radius 2 is 1.64 bits per heavy atom. The third-order valence-electron chi connectivity index (χ3n) is 3.62. The first-order chi connectivity index (χ1) is 10.9. The van der Waals surface area contributed by atoms with Gasteiger partial charge in [-0.3, -0.25) is 0 Å². The molecular weight excluding hydrogens is 272 g/mol. The summed E-state index contributed by atoms with van der Waals surface area (Å²) in [6.07, 6.45) is 5.94. The molecule has 1 N–H and O–H groups in total. The van der Waals surface area contributed by atoms with Crippen LogP contribution in [-0.4, -0.2) is 18.3 Å². The van der Waals surface area contributed by atoms with E-state index in [1.54, 1.807) is 0 Å². The minimum absolute atomic E-state index is 0.0911. The van der Waals surface area contributed by atoms with Gasteiger partial charge >= 0.3 is 0 Å². The Morgan fingerprint density at radius 1 is 0.955 bits per heavy atom. The SMILES string of the molecule is OC/C=C\C(CCCOCc1ccccc1)c1ccccc1. The molecule has 0 radical (unpaired) electrons.